The van der Waals surface area contributed by atoms with E-state index in [-0.39, 0.29) is 5.78 Å². The molecule has 2 aromatic rings. The fraction of sp³-hybridized carbons (Fsp3) is 0.278. The lowest BCUT2D eigenvalue weighted by molar-refractivity contribution is -0.118. The largest absolute Gasteiger partial charge is 0.457 e. The minimum atomic E-state index is 0.261. The van der Waals surface area contributed by atoms with Crippen molar-refractivity contribution in [3.05, 3.63) is 60.2 Å². The minimum Gasteiger partial charge on any atom is -0.457 e. The number of hydrogen-bond donors (Lipinski definition) is 0. The predicted octanol–water partition coefficient (Wildman–Crippen LogP) is 5.00. The maximum atomic E-state index is 11.8. The van der Waals surface area contributed by atoms with E-state index >= 15 is 0 Å². The first-order chi connectivity index (χ1) is 10.3. The van der Waals surface area contributed by atoms with E-state index in [9.17, 15) is 4.79 Å². The number of ketones is 1. The van der Waals surface area contributed by atoms with Crippen molar-refractivity contribution in [1.82, 2.24) is 0 Å². The van der Waals surface area contributed by atoms with Crippen LogP contribution in [0.4, 0.5) is 0 Å². The second-order valence-corrected chi connectivity index (χ2v) is 5.30. The number of carbonyl (C=O) groups excluding carboxylic acids is 1. The van der Waals surface area contributed by atoms with Crippen LogP contribution in [0.1, 0.15) is 24.8 Å². The van der Waals surface area contributed by atoms with Crippen LogP contribution in [-0.2, 0) is 11.2 Å². The fourth-order valence-corrected chi connectivity index (χ4v) is 2.22. The fourth-order valence-electron chi connectivity index (χ4n) is 2.03. The smallest absolute Gasteiger partial charge is 0.137 e. The van der Waals surface area contributed by atoms with Crippen LogP contribution in [-0.4, -0.2) is 11.7 Å². The summed E-state index contributed by atoms with van der Waals surface area (Å²) in [6.45, 7) is 0. The summed E-state index contributed by atoms with van der Waals surface area (Å²) in [5.74, 6) is 2.47. The lowest BCUT2D eigenvalue weighted by Gasteiger charge is -2.06. The Kier molecular flexibility index (Phi) is 6.29. The number of ether oxygens (including phenoxy) is 1. The number of alkyl halides is 1. The van der Waals surface area contributed by atoms with E-state index in [4.69, 9.17) is 16.3 Å². The lowest BCUT2D eigenvalue weighted by Crippen LogP contribution is -2.02. The first-order valence-corrected chi connectivity index (χ1v) is 7.71. The number of rotatable bonds is 8. The van der Waals surface area contributed by atoms with Crippen molar-refractivity contribution in [2.24, 2.45) is 0 Å². The number of para-hydroxylation sites is 1. The Morgan fingerprint density at radius 1 is 0.905 bits per heavy atom. The third-order valence-corrected chi connectivity index (χ3v) is 3.41. The van der Waals surface area contributed by atoms with Crippen molar-refractivity contribution in [2.75, 3.05) is 5.88 Å². The SMILES string of the molecule is O=C(CCCCCl)Cc1ccc(Oc2ccccc2)cc1. The average molecular weight is 303 g/mol. The number of Topliss-reactive ketones (excluding diaryl/α,β-unsaturated/α-hetero) is 1. The Bertz CT molecular complexity index is 549. The van der Waals surface area contributed by atoms with E-state index in [1.807, 2.05) is 54.6 Å². The molecule has 0 unspecified atom stereocenters. The van der Waals surface area contributed by atoms with Crippen LogP contribution in [0.15, 0.2) is 54.6 Å². The summed E-state index contributed by atoms with van der Waals surface area (Å²) in [5, 5.41) is 0. The van der Waals surface area contributed by atoms with Gasteiger partial charge in [-0.2, -0.15) is 0 Å². The van der Waals surface area contributed by atoms with Gasteiger partial charge in [-0.1, -0.05) is 30.3 Å². The van der Waals surface area contributed by atoms with Crippen molar-refractivity contribution in [3.8, 4) is 11.5 Å². The Hall–Kier alpha value is -1.80. The normalized spacial score (nSPS) is 10.3. The molecule has 0 bridgehead atoms. The summed E-state index contributed by atoms with van der Waals surface area (Å²) < 4.78 is 5.72. The molecule has 0 saturated carbocycles. The van der Waals surface area contributed by atoms with Gasteiger partial charge in [-0.05, 0) is 42.7 Å². The minimum absolute atomic E-state index is 0.261. The van der Waals surface area contributed by atoms with Crippen LogP contribution in [0.5, 0.6) is 11.5 Å². The molecule has 0 atom stereocenters. The summed E-state index contributed by atoms with van der Waals surface area (Å²) in [6.07, 6.45) is 2.86. The van der Waals surface area contributed by atoms with Crippen molar-refractivity contribution < 1.29 is 9.53 Å². The maximum Gasteiger partial charge on any atom is 0.137 e. The Balaban J connectivity index is 1.85. The molecule has 0 heterocycles. The molecule has 0 aliphatic rings. The van der Waals surface area contributed by atoms with Gasteiger partial charge in [-0.25, -0.2) is 0 Å². The summed E-state index contributed by atoms with van der Waals surface area (Å²) in [7, 11) is 0. The highest BCUT2D eigenvalue weighted by molar-refractivity contribution is 6.17. The van der Waals surface area contributed by atoms with Crippen LogP contribution < -0.4 is 4.74 Å². The Morgan fingerprint density at radius 3 is 2.24 bits per heavy atom. The standard InChI is InChI=1S/C18H19ClO2/c19-13-5-4-6-16(20)14-15-9-11-18(12-10-15)21-17-7-2-1-3-8-17/h1-3,7-12H,4-6,13-14H2. The molecule has 0 spiro atoms. The molecule has 0 amide bonds. The number of unbranched alkanes of at least 4 members (excludes halogenated alkanes) is 1. The zero-order valence-electron chi connectivity index (χ0n) is 11.9. The van der Waals surface area contributed by atoms with Gasteiger partial charge in [0.2, 0.25) is 0 Å². The van der Waals surface area contributed by atoms with Gasteiger partial charge < -0.3 is 4.74 Å². The Morgan fingerprint density at radius 2 is 1.57 bits per heavy atom. The van der Waals surface area contributed by atoms with Crippen molar-refractivity contribution in [3.63, 3.8) is 0 Å². The quantitative estimate of drug-likeness (QED) is 0.506. The molecule has 0 radical (unpaired) electrons. The number of hydrogen-bond acceptors (Lipinski definition) is 2. The van der Waals surface area contributed by atoms with Crippen molar-refractivity contribution in [2.45, 2.75) is 25.7 Å². The number of carbonyl (C=O) groups is 1. The monoisotopic (exact) mass is 302 g/mol. The van der Waals surface area contributed by atoms with Gasteiger partial charge in [0.05, 0.1) is 0 Å². The second-order valence-electron chi connectivity index (χ2n) is 4.92. The number of halogens is 1. The molecule has 0 aliphatic heterocycles. The number of benzene rings is 2. The summed E-state index contributed by atoms with van der Waals surface area (Å²) in [6, 6.07) is 17.3. The molecule has 0 fully saturated rings. The van der Waals surface area contributed by atoms with Crippen LogP contribution >= 0.6 is 11.6 Å². The predicted molar refractivity (Wildman–Crippen MR) is 86.2 cm³/mol. The average Bonchev–Trinajstić information content (AvgIpc) is 2.51. The lowest BCUT2D eigenvalue weighted by atomic mass is 10.1. The van der Waals surface area contributed by atoms with Gasteiger partial charge in [-0.3, -0.25) is 4.79 Å². The third kappa shape index (κ3) is 5.60. The summed E-state index contributed by atoms with van der Waals surface area (Å²) >= 11 is 5.60. The maximum absolute atomic E-state index is 11.8. The highest BCUT2D eigenvalue weighted by Gasteiger charge is 2.04. The first kappa shape index (κ1) is 15.6. The zero-order chi connectivity index (χ0) is 14.9. The topological polar surface area (TPSA) is 26.3 Å². The Labute approximate surface area is 130 Å². The van der Waals surface area contributed by atoms with Crippen molar-refractivity contribution >= 4 is 17.4 Å². The molecule has 0 saturated heterocycles. The van der Waals surface area contributed by atoms with Gasteiger partial charge in [-0.15, -0.1) is 11.6 Å². The van der Waals surface area contributed by atoms with E-state index in [2.05, 4.69) is 0 Å². The molecule has 2 aromatic carbocycles. The van der Waals surface area contributed by atoms with Gasteiger partial charge in [0.25, 0.3) is 0 Å². The van der Waals surface area contributed by atoms with Gasteiger partial charge in [0.15, 0.2) is 0 Å². The van der Waals surface area contributed by atoms with Crippen LogP contribution in [0.2, 0.25) is 0 Å². The van der Waals surface area contributed by atoms with E-state index in [0.717, 1.165) is 29.9 Å². The molecular weight excluding hydrogens is 284 g/mol. The van der Waals surface area contributed by atoms with Crippen LogP contribution in [0.3, 0.4) is 0 Å². The van der Waals surface area contributed by atoms with Crippen LogP contribution in [0, 0.1) is 0 Å². The molecule has 0 N–H and O–H groups in total. The van der Waals surface area contributed by atoms with E-state index in [0.29, 0.717) is 18.7 Å². The molecular formula is C18H19ClO2. The highest BCUT2D eigenvalue weighted by Crippen LogP contribution is 2.21. The molecule has 0 aliphatic carbocycles. The van der Waals surface area contributed by atoms with Gasteiger partial charge in [0.1, 0.15) is 17.3 Å². The van der Waals surface area contributed by atoms with E-state index in [1.165, 1.54) is 0 Å². The molecule has 3 heteroatoms. The second kappa shape index (κ2) is 8.48. The molecule has 0 aromatic heterocycles. The summed E-state index contributed by atoms with van der Waals surface area (Å²) in [5.41, 5.74) is 1.02. The van der Waals surface area contributed by atoms with Crippen molar-refractivity contribution in [1.29, 1.82) is 0 Å². The van der Waals surface area contributed by atoms with Crippen LogP contribution in [0.25, 0.3) is 0 Å². The third-order valence-electron chi connectivity index (χ3n) is 3.14. The molecule has 2 nitrogen and oxygen atoms in total. The first-order valence-electron chi connectivity index (χ1n) is 7.17. The van der Waals surface area contributed by atoms with Gasteiger partial charge in [0, 0.05) is 18.7 Å². The highest BCUT2D eigenvalue weighted by atomic mass is 35.5. The van der Waals surface area contributed by atoms with E-state index in [1.54, 1.807) is 0 Å². The molecule has 110 valence electrons. The summed E-state index contributed by atoms with van der Waals surface area (Å²) in [4.78, 5) is 11.8. The zero-order valence-corrected chi connectivity index (χ0v) is 12.7. The van der Waals surface area contributed by atoms with E-state index < -0.39 is 0 Å². The van der Waals surface area contributed by atoms with Gasteiger partial charge >= 0.3 is 0 Å². The molecule has 2 rings (SSSR count). The molecule has 21 heavy (non-hydrogen) atoms.